The average Bonchev–Trinajstić information content (AvgIpc) is 3.14. The number of carbonyl (C=O) groups excluding carboxylic acids is 1. The van der Waals surface area contributed by atoms with Gasteiger partial charge in [-0.15, -0.1) is 0 Å². The van der Waals surface area contributed by atoms with Crippen LogP contribution in [0.5, 0.6) is 0 Å². The van der Waals surface area contributed by atoms with E-state index in [0.29, 0.717) is 13.1 Å². The fraction of sp³-hybridized carbons (Fsp3) is 0.412. The van der Waals surface area contributed by atoms with Gasteiger partial charge in [-0.3, -0.25) is 0 Å². The molecule has 2 aromatic heterocycles. The summed E-state index contributed by atoms with van der Waals surface area (Å²) in [6.07, 6.45) is 1.82. The summed E-state index contributed by atoms with van der Waals surface area (Å²) in [6, 6.07) is 5.96. The van der Waals surface area contributed by atoms with Crippen molar-refractivity contribution in [2.75, 3.05) is 38.3 Å². The molecule has 0 unspecified atom stereocenters. The summed E-state index contributed by atoms with van der Waals surface area (Å²) in [4.78, 5) is 20.5. The quantitative estimate of drug-likeness (QED) is 0.903. The van der Waals surface area contributed by atoms with Crippen molar-refractivity contribution in [2.45, 2.75) is 13.1 Å². The highest BCUT2D eigenvalue weighted by molar-refractivity contribution is 7.07. The first-order chi connectivity index (χ1) is 11.7. The Kier molecular flexibility index (Phi) is 5.66. The standard InChI is InChI=1S/C17H22N4O2S/c1-20(12-15-4-9-24-13-15)17(22)19-11-14-2-3-16(18-10-14)21-5-7-23-8-6-21/h2-4,9-10,13H,5-8,11-12H2,1H3,(H,19,22). The number of nitrogens with zero attached hydrogens (tertiary/aromatic N) is 3. The Morgan fingerprint density at radius 2 is 2.17 bits per heavy atom. The maximum atomic E-state index is 12.1. The number of amides is 2. The van der Waals surface area contributed by atoms with Gasteiger partial charge in [-0.1, -0.05) is 6.07 Å². The van der Waals surface area contributed by atoms with Crippen molar-refractivity contribution in [3.8, 4) is 0 Å². The lowest BCUT2D eigenvalue weighted by atomic mass is 10.2. The minimum Gasteiger partial charge on any atom is -0.378 e. The fourth-order valence-corrected chi connectivity index (χ4v) is 3.20. The number of carbonyl (C=O) groups is 1. The normalized spacial score (nSPS) is 14.5. The highest BCUT2D eigenvalue weighted by atomic mass is 32.1. The van der Waals surface area contributed by atoms with E-state index in [4.69, 9.17) is 4.74 Å². The molecule has 1 saturated heterocycles. The summed E-state index contributed by atoms with van der Waals surface area (Å²) in [5, 5.41) is 7.00. The van der Waals surface area contributed by atoms with E-state index in [9.17, 15) is 4.79 Å². The summed E-state index contributed by atoms with van der Waals surface area (Å²) >= 11 is 1.64. The van der Waals surface area contributed by atoms with Crippen LogP contribution in [-0.4, -0.2) is 49.3 Å². The van der Waals surface area contributed by atoms with Gasteiger partial charge in [-0.25, -0.2) is 9.78 Å². The van der Waals surface area contributed by atoms with Crippen LogP contribution in [0.25, 0.3) is 0 Å². The molecule has 24 heavy (non-hydrogen) atoms. The third-order valence-corrected chi connectivity index (χ3v) is 4.67. The molecule has 1 N–H and O–H groups in total. The van der Waals surface area contributed by atoms with E-state index >= 15 is 0 Å². The van der Waals surface area contributed by atoms with Crippen LogP contribution < -0.4 is 10.2 Å². The predicted octanol–water partition coefficient (Wildman–Crippen LogP) is 2.32. The van der Waals surface area contributed by atoms with Gasteiger partial charge in [0.25, 0.3) is 0 Å². The molecule has 0 aromatic carbocycles. The number of rotatable bonds is 5. The van der Waals surface area contributed by atoms with Crippen molar-refractivity contribution in [3.05, 3.63) is 46.3 Å². The van der Waals surface area contributed by atoms with E-state index < -0.39 is 0 Å². The third-order valence-electron chi connectivity index (χ3n) is 3.93. The maximum Gasteiger partial charge on any atom is 0.317 e. The van der Waals surface area contributed by atoms with Crippen LogP contribution in [0.15, 0.2) is 35.2 Å². The molecule has 2 amide bonds. The average molecular weight is 346 g/mol. The topological polar surface area (TPSA) is 57.7 Å². The number of pyridine rings is 1. The number of nitrogens with one attached hydrogen (secondary N) is 1. The van der Waals surface area contributed by atoms with E-state index in [1.165, 1.54) is 0 Å². The number of hydrogen-bond donors (Lipinski definition) is 1. The van der Waals surface area contributed by atoms with Crippen LogP contribution in [0, 0.1) is 0 Å². The van der Waals surface area contributed by atoms with Crippen molar-refractivity contribution in [3.63, 3.8) is 0 Å². The fourth-order valence-electron chi connectivity index (χ4n) is 2.54. The second-order valence-electron chi connectivity index (χ2n) is 5.77. The molecule has 0 bridgehead atoms. The van der Waals surface area contributed by atoms with Crippen LogP contribution in [0.2, 0.25) is 0 Å². The first-order valence-corrected chi connectivity index (χ1v) is 8.94. The zero-order valence-electron chi connectivity index (χ0n) is 13.8. The Bertz CT molecular complexity index is 639. The minimum absolute atomic E-state index is 0.0848. The van der Waals surface area contributed by atoms with Crippen LogP contribution in [0.1, 0.15) is 11.1 Å². The van der Waals surface area contributed by atoms with Crippen LogP contribution in [0.3, 0.4) is 0 Å². The summed E-state index contributed by atoms with van der Waals surface area (Å²) in [7, 11) is 1.80. The Morgan fingerprint density at radius 1 is 1.33 bits per heavy atom. The molecule has 1 aliphatic rings. The lowest BCUT2D eigenvalue weighted by Gasteiger charge is -2.27. The van der Waals surface area contributed by atoms with Crippen molar-refractivity contribution >= 4 is 23.2 Å². The van der Waals surface area contributed by atoms with E-state index in [-0.39, 0.29) is 6.03 Å². The predicted molar refractivity (Wildman–Crippen MR) is 95.3 cm³/mol. The van der Waals surface area contributed by atoms with E-state index in [1.807, 2.05) is 29.8 Å². The number of ether oxygens (including phenoxy) is 1. The molecule has 0 atom stereocenters. The van der Waals surface area contributed by atoms with Crippen molar-refractivity contribution < 1.29 is 9.53 Å². The number of anilines is 1. The molecule has 3 rings (SSSR count). The molecule has 3 heterocycles. The minimum atomic E-state index is -0.0848. The van der Waals surface area contributed by atoms with Gasteiger partial charge >= 0.3 is 6.03 Å². The smallest absolute Gasteiger partial charge is 0.317 e. The van der Waals surface area contributed by atoms with E-state index in [1.54, 1.807) is 23.3 Å². The Labute approximate surface area is 146 Å². The summed E-state index contributed by atoms with van der Waals surface area (Å²) in [5.41, 5.74) is 2.14. The molecule has 0 saturated carbocycles. The molecule has 6 nitrogen and oxygen atoms in total. The van der Waals surface area contributed by atoms with E-state index in [0.717, 1.165) is 43.2 Å². The SMILES string of the molecule is CN(Cc1ccsc1)C(=O)NCc1ccc(N2CCOCC2)nc1. The second-order valence-corrected chi connectivity index (χ2v) is 6.55. The van der Waals surface area contributed by atoms with Gasteiger partial charge in [0, 0.05) is 39.4 Å². The molecule has 7 heteroatoms. The first kappa shape index (κ1) is 16.7. The van der Waals surface area contributed by atoms with E-state index in [2.05, 4.69) is 20.6 Å². The van der Waals surface area contributed by atoms with Gasteiger partial charge in [-0.2, -0.15) is 11.3 Å². The van der Waals surface area contributed by atoms with Gasteiger partial charge in [0.05, 0.1) is 13.2 Å². The lowest BCUT2D eigenvalue weighted by Crippen LogP contribution is -2.37. The number of urea groups is 1. The van der Waals surface area contributed by atoms with Crippen molar-refractivity contribution in [1.82, 2.24) is 15.2 Å². The summed E-state index contributed by atoms with van der Waals surface area (Å²) in [6.45, 7) is 4.32. The van der Waals surface area contributed by atoms with Gasteiger partial charge in [0.15, 0.2) is 0 Å². The second kappa shape index (κ2) is 8.12. The van der Waals surface area contributed by atoms with Gasteiger partial charge in [0.2, 0.25) is 0 Å². The molecule has 128 valence electrons. The highest BCUT2D eigenvalue weighted by Crippen LogP contribution is 2.13. The summed E-state index contributed by atoms with van der Waals surface area (Å²) in [5.74, 6) is 0.961. The van der Waals surface area contributed by atoms with Crippen LogP contribution in [0.4, 0.5) is 10.6 Å². The molecular weight excluding hydrogens is 324 g/mol. The van der Waals surface area contributed by atoms with Crippen molar-refractivity contribution in [2.24, 2.45) is 0 Å². The van der Waals surface area contributed by atoms with Gasteiger partial charge < -0.3 is 19.9 Å². The zero-order valence-corrected chi connectivity index (χ0v) is 14.6. The number of hydrogen-bond acceptors (Lipinski definition) is 5. The molecule has 1 fully saturated rings. The zero-order chi connectivity index (χ0) is 16.8. The van der Waals surface area contributed by atoms with Gasteiger partial charge in [0.1, 0.15) is 5.82 Å². The van der Waals surface area contributed by atoms with Gasteiger partial charge in [-0.05, 0) is 34.0 Å². The number of morpholine rings is 1. The summed E-state index contributed by atoms with van der Waals surface area (Å²) < 4.78 is 5.35. The Balaban J connectivity index is 1.48. The third kappa shape index (κ3) is 4.46. The molecule has 0 aliphatic carbocycles. The molecule has 2 aromatic rings. The van der Waals surface area contributed by atoms with Crippen LogP contribution >= 0.6 is 11.3 Å². The molecule has 1 aliphatic heterocycles. The number of thiophene rings is 1. The molecule has 0 radical (unpaired) electrons. The molecule has 0 spiro atoms. The Hall–Kier alpha value is -2.12. The first-order valence-electron chi connectivity index (χ1n) is 8.00. The highest BCUT2D eigenvalue weighted by Gasteiger charge is 2.12. The monoisotopic (exact) mass is 346 g/mol. The maximum absolute atomic E-state index is 12.1. The van der Waals surface area contributed by atoms with Crippen LogP contribution in [-0.2, 0) is 17.8 Å². The lowest BCUT2D eigenvalue weighted by molar-refractivity contribution is 0.122. The Morgan fingerprint density at radius 3 is 2.83 bits per heavy atom. The molecular formula is C17H22N4O2S. The largest absolute Gasteiger partial charge is 0.378 e. The number of aromatic nitrogens is 1. The van der Waals surface area contributed by atoms with Crippen molar-refractivity contribution in [1.29, 1.82) is 0 Å².